The molecule has 0 radical (unpaired) electrons. The van der Waals surface area contributed by atoms with Crippen LogP contribution in [0.2, 0.25) is 0 Å². The number of benzene rings is 2. The summed E-state index contributed by atoms with van der Waals surface area (Å²) in [6, 6.07) is 14.9. The summed E-state index contributed by atoms with van der Waals surface area (Å²) in [4.78, 5) is 12.4. The summed E-state index contributed by atoms with van der Waals surface area (Å²) in [5, 5.41) is 21.1. The summed E-state index contributed by atoms with van der Waals surface area (Å²) in [7, 11) is 1.52. The van der Waals surface area contributed by atoms with Gasteiger partial charge in [0, 0.05) is 0 Å². The molecule has 170 valence electrons. The maximum Gasteiger partial charge on any atom is 0.268 e. The summed E-state index contributed by atoms with van der Waals surface area (Å²) >= 11 is 1.27. The van der Waals surface area contributed by atoms with Gasteiger partial charge >= 0.3 is 0 Å². The molecule has 3 aromatic rings. The fraction of sp³-hybridized carbons (Fsp3) is 0.250. The van der Waals surface area contributed by atoms with E-state index in [1.165, 1.54) is 30.1 Å². The number of ether oxygens (including phenoxy) is 3. The molecule has 8 nitrogen and oxygen atoms in total. The minimum atomic E-state index is -0.552. The van der Waals surface area contributed by atoms with E-state index in [1.807, 2.05) is 44.2 Å². The van der Waals surface area contributed by atoms with E-state index < -0.39 is 5.91 Å². The molecule has 0 aliphatic heterocycles. The fourth-order valence-corrected chi connectivity index (χ4v) is 3.44. The van der Waals surface area contributed by atoms with Gasteiger partial charge in [-0.25, -0.2) is 0 Å². The van der Waals surface area contributed by atoms with Gasteiger partial charge in [0.05, 0.1) is 7.11 Å². The van der Waals surface area contributed by atoms with Crippen LogP contribution in [0.5, 0.6) is 17.2 Å². The number of methoxy groups -OCH3 is 1. The fourth-order valence-electron chi connectivity index (χ4n) is 2.77. The van der Waals surface area contributed by atoms with E-state index in [4.69, 9.17) is 14.2 Å². The molecule has 0 aliphatic carbocycles. The molecule has 2 aromatic carbocycles. The molecular weight excluding hydrogens is 440 g/mol. The van der Waals surface area contributed by atoms with Crippen LogP contribution in [-0.2, 0) is 11.2 Å². The summed E-state index contributed by atoms with van der Waals surface area (Å²) in [5.41, 5.74) is 1.72. The number of aromatic nitrogens is 2. The lowest BCUT2D eigenvalue weighted by molar-refractivity contribution is -0.112. The SMILES string of the molecule is CCc1nnc(NC(=O)/C(C#N)=C\c2ccc(OCCOc3ccc(C)cc3)c(OC)c2)s1. The predicted molar refractivity (Wildman–Crippen MR) is 127 cm³/mol. The molecule has 1 aromatic heterocycles. The van der Waals surface area contributed by atoms with Crippen LogP contribution in [0.25, 0.3) is 6.08 Å². The Morgan fingerprint density at radius 2 is 1.88 bits per heavy atom. The molecule has 0 bridgehead atoms. The Labute approximate surface area is 196 Å². The average Bonchev–Trinajstić information content (AvgIpc) is 3.29. The first-order chi connectivity index (χ1) is 16.0. The smallest absolute Gasteiger partial charge is 0.268 e. The molecule has 0 atom stereocenters. The first kappa shape index (κ1) is 23.8. The first-order valence-corrected chi connectivity index (χ1v) is 11.1. The summed E-state index contributed by atoms with van der Waals surface area (Å²) < 4.78 is 16.8. The van der Waals surface area contributed by atoms with Crippen LogP contribution >= 0.6 is 11.3 Å². The lowest BCUT2D eigenvalue weighted by Gasteiger charge is -2.12. The summed E-state index contributed by atoms with van der Waals surface area (Å²) in [6.45, 7) is 4.67. The number of nitrogens with one attached hydrogen (secondary N) is 1. The lowest BCUT2D eigenvalue weighted by atomic mass is 10.1. The zero-order valence-electron chi connectivity index (χ0n) is 18.6. The number of aryl methyl sites for hydroxylation is 2. The van der Waals surface area contributed by atoms with Gasteiger partial charge in [-0.05, 0) is 49.2 Å². The Balaban J connectivity index is 1.61. The van der Waals surface area contributed by atoms with Crippen molar-refractivity contribution >= 4 is 28.5 Å². The van der Waals surface area contributed by atoms with Crippen LogP contribution < -0.4 is 19.5 Å². The van der Waals surface area contributed by atoms with Gasteiger partial charge in [0.15, 0.2) is 11.5 Å². The highest BCUT2D eigenvalue weighted by molar-refractivity contribution is 7.15. The monoisotopic (exact) mass is 464 g/mol. The van der Waals surface area contributed by atoms with Gasteiger partial charge in [-0.2, -0.15) is 5.26 Å². The van der Waals surface area contributed by atoms with Gasteiger partial charge in [-0.3, -0.25) is 10.1 Å². The molecule has 1 amide bonds. The number of rotatable bonds is 10. The van der Waals surface area contributed by atoms with Crippen molar-refractivity contribution < 1.29 is 19.0 Å². The summed E-state index contributed by atoms with van der Waals surface area (Å²) in [6.07, 6.45) is 2.20. The van der Waals surface area contributed by atoms with Crippen molar-refractivity contribution in [1.82, 2.24) is 10.2 Å². The number of nitrogens with zero attached hydrogens (tertiary/aromatic N) is 3. The van der Waals surface area contributed by atoms with E-state index in [0.717, 1.165) is 17.2 Å². The molecule has 1 N–H and O–H groups in total. The predicted octanol–water partition coefficient (Wildman–Crippen LogP) is 4.42. The topological polar surface area (TPSA) is 106 Å². The van der Waals surface area contributed by atoms with Crippen molar-refractivity contribution in [3.05, 3.63) is 64.2 Å². The molecule has 0 unspecified atom stereocenters. The van der Waals surface area contributed by atoms with E-state index in [9.17, 15) is 10.1 Å². The second kappa shape index (κ2) is 11.6. The normalized spacial score (nSPS) is 10.9. The number of nitriles is 1. The van der Waals surface area contributed by atoms with Crippen LogP contribution in [-0.4, -0.2) is 36.4 Å². The second-order valence-electron chi connectivity index (χ2n) is 6.90. The number of carbonyl (C=O) groups excluding carboxylic acids is 1. The molecule has 1 heterocycles. The molecule has 0 saturated heterocycles. The molecular formula is C24H24N4O4S. The number of anilines is 1. The van der Waals surface area contributed by atoms with E-state index in [0.29, 0.717) is 35.4 Å². The quantitative estimate of drug-likeness (QED) is 0.269. The number of hydrogen-bond acceptors (Lipinski definition) is 8. The Kier molecular flexibility index (Phi) is 8.38. The molecule has 0 fully saturated rings. The zero-order valence-corrected chi connectivity index (χ0v) is 19.4. The van der Waals surface area contributed by atoms with Crippen molar-refractivity contribution in [2.24, 2.45) is 0 Å². The largest absolute Gasteiger partial charge is 0.493 e. The minimum Gasteiger partial charge on any atom is -0.493 e. The molecule has 9 heteroatoms. The van der Waals surface area contributed by atoms with Crippen LogP contribution in [0, 0.1) is 18.3 Å². The standard InChI is InChI=1S/C24H24N4O4S/c1-4-22-27-28-24(33-22)26-23(29)18(15-25)13-17-7-10-20(21(14-17)30-3)32-12-11-31-19-8-5-16(2)6-9-19/h5-10,13-14H,4,11-12H2,1-3H3,(H,26,28,29)/b18-13-. The highest BCUT2D eigenvalue weighted by Crippen LogP contribution is 2.29. The molecule has 33 heavy (non-hydrogen) atoms. The third-order valence-corrected chi connectivity index (χ3v) is 5.47. The van der Waals surface area contributed by atoms with Crippen LogP contribution in [0.4, 0.5) is 5.13 Å². The highest BCUT2D eigenvalue weighted by Gasteiger charge is 2.13. The zero-order chi connectivity index (χ0) is 23.6. The maximum atomic E-state index is 12.4. The lowest BCUT2D eigenvalue weighted by Crippen LogP contribution is -2.13. The Morgan fingerprint density at radius 1 is 1.12 bits per heavy atom. The number of hydrogen-bond donors (Lipinski definition) is 1. The molecule has 0 spiro atoms. The van der Waals surface area contributed by atoms with Crippen molar-refractivity contribution in [1.29, 1.82) is 5.26 Å². The van der Waals surface area contributed by atoms with Gasteiger partial charge in [0.1, 0.15) is 35.6 Å². The van der Waals surface area contributed by atoms with E-state index >= 15 is 0 Å². The first-order valence-electron chi connectivity index (χ1n) is 10.3. The van der Waals surface area contributed by atoms with Gasteiger partial charge in [0.25, 0.3) is 5.91 Å². The van der Waals surface area contributed by atoms with Crippen LogP contribution in [0.3, 0.4) is 0 Å². The van der Waals surface area contributed by atoms with Gasteiger partial charge < -0.3 is 14.2 Å². The minimum absolute atomic E-state index is 0.0644. The molecule has 0 aliphatic rings. The van der Waals surface area contributed by atoms with E-state index in [-0.39, 0.29) is 5.57 Å². The molecule has 0 saturated carbocycles. The van der Waals surface area contributed by atoms with Gasteiger partial charge in [-0.15, -0.1) is 10.2 Å². The Hall–Kier alpha value is -3.90. The van der Waals surface area contributed by atoms with Crippen LogP contribution in [0.15, 0.2) is 48.0 Å². The Bertz CT molecular complexity index is 1170. The van der Waals surface area contributed by atoms with Crippen molar-refractivity contribution in [2.45, 2.75) is 20.3 Å². The van der Waals surface area contributed by atoms with Gasteiger partial charge in [-0.1, -0.05) is 42.0 Å². The van der Waals surface area contributed by atoms with Gasteiger partial charge in [0.2, 0.25) is 5.13 Å². The van der Waals surface area contributed by atoms with Crippen molar-refractivity contribution in [3.8, 4) is 23.3 Å². The third kappa shape index (κ3) is 6.79. The van der Waals surface area contributed by atoms with Crippen molar-refractivity contribution in [2.75, 3.05) is 25.6 Å². The Morgan fingerprint density at radius 3 is 2.55 bits per heavy atom. The second-order valence-corrected chi connectivity index (χ2v) is 7.96. The van der Waals surface area contributed by atoms with E-state index in [1.54, 1.807) is 18.2 Å². The third-order valence-electron chi connectivity index (χ3n) is 4.48. The summed E-state index contributed by atoms with van der Waals surface area (Å²) in [5.74, 6) is 1.24. The van der Waals surface area contributed by atoms with E-state index in [2.05, 4.69) is 15.5 Å². The maximum absolute atomic E-state index is 12.4. The molecule has 3 rings (SSSR count). The number of amides is 1. The van der Waals surface area contributed by atoms with Crippen molar-refractivity contribution in [3.63, 3.8) is 0 Å². The number of carbonyl (C=O) groups is 1. The van der Waals surface area contributed by atoms with Crippen LogP contribution in [0.1, 0.15) is 23.1 Å². The average molecular weight is 465 g/mol. The highest BCUT2D eigenvalue weighted by atomic mass is 32.1.